The minimum atomic E-state index is -4.47. The zero-order valence-electron chi connectivity index (χ0n) is 14.1. The van der Waals surface area contributed by atoms with E-state index < -0.39 is 34.9 Å². The summed E-state index contributed by atoms with van der Waals surface area (Å²) in [6.45, 7) is 0.364. The fraction of sp³-hybridized carbons (Fsp3) is 0.278. The number of benzene rings is 2. The maximum Gasteiger partial charge on any atom is 0.416 e. The van der Waals surface area contributed by atoms with E-state index in [1.54, 1.807) is 0 Å². The molecule has 0 spiro atoms. The van der Waals surface area contributed by atoms with Gasteiger partial charge in [-0.1, -0.05) is 12.1 Å². The van der Waals surface area contributed by atoms with E-state index in [0.717, 1.165) is 36.4 Å². The normalized spacial score (nSPS) is 17.6. The first-order chi connectivity index (χ1) is 13.1. The van der Waals surface area contributed by atoms with Crippen LogP contribution in [0.5, 0.6) is 0 Å². The first-order valence-corrected chi connectivity index (χ1v) is 9.14. The number of rotatable bonds is 2. The number of amides is 2. The summed E-state index contributed by atoms with van der Waals surface area (Å²) >= 11 is 1.40. The molecule has 1 N–H and O–H groups in total. The summed E-state index contributed by atoms with van der Waals surface area (Å²) in [4.78, 5) is 13.9. The summed E-state index contributed by atoms with van der Waals surface area (Å²) in [5.41, 5.74) is -0.871. The Morgan fingerprint density at radius 1 is 0.893 bits per heavy atom. The van der Waals surface area contributed by atoms with Crippen LogP contribution in [0.3, 0.4) is 0 Å². The molecule has 1 aliphatic rings. The van der Waals surface area contributed by atoms with Gasteiger partial charge in [-0.2, -0.15) is 26.3 Å². The molecule has 0 aromatic heterocycles. The van der Waals surface area contributed by atoms with Gasteiger partial charge in [0.1, 0.15) is 5.37 Å². The van der Waals surface area contributed by atoms with Gasteiger partial charge in [-0.3, -0.25) is 0 Å². The van der Waals surface area contributed by atoms with Gasteiger partial charge in [-0.15, -0.1) is 11.8 Å². The van der Waals surface area contributed by atoms with Crippen molar-refractivity contribution in [1.29, 1.82) is 0 Å². The number of alkyl halides is 6. The average molecular weight is 420 g/mol. The number of nitrogens with one attached hydrogen (secondary N) is 1. The Kier molecular flexibility index (Phi) is 5.51. The molecule has 10 heteroatoms. The maximum absolute atomic E-state index is 12.7. The van der Waals surface area contributed by atoms with Crippen molar-refractivity contribution < 1.29 is 31.1 Å². The van der Waals surface area contributed by atoms with E-state index >= 15 is 0 Å². The predicted octanol–water partition coefficient (Wildman–Crippen LogP) is 6.00. The molecule has 3 rings (SSSR count). The number of hydrogen-bond donors (Lipinski definition) is 1. The second-order valence-corrected chi connectivity index (χ2v) is 7.23. The lowest BCUT2D eigenvalue weighted by Gasteiger charge is -2.24. The molecule has 1 atom stereocenters. The Morgan fingerprint density at radius 2 is 1.39 bits per heavy atom. The van der Waals surface area contributed by atoms with E-state index in [0.29, 0.717) is 17.9 Å². The van der Waals surface area contributed by atoms with Crippen LogP contribution < -0.4 is 5.32 Å². The van der Waals surface area contributed by atoms with Gasteiger partial charge in [0.25, 0.3) is 0 Å². The Labute approximate surface area is 160 Å². The van der Waals surface area contributed by atoms with Crippen molar-refractivity contribution in [2.45, 2.75) is 17.7 Å². The first-order valence-electron chi connectivity index (χ1n) is 8.09. The van der Waals surface area contributed by atoms with Crippen molar-refractivity contribution in [2.75, 3.05) is 17.6 Å². The Bertz CT molecular complexity index is 833. The van der Waals surface area contributed by atoms with Crippen LogP contribution in [-0.2, 0) is 12.4 Å². The molecule has 1 aliphatic heterocycles. The van der Waals surface area contributed by atoms with Gasteiger partial charge in [0.15, 0.2) is 0 Å². The zero-order chi connectivity index (χ0) is 20.5. The molecule has 1 heterocycles. The van der Waals surface area contributed by atoms with Crippen LogP contribution in [-0.4, -0.2) is 23.2 Å². The molecule has 150 valence electrons. The monoisotopic (exact) mass is 420 g/mol. The van der Waals surface area contributed by atoms with Gasteiger partial charge in [-0.25, -0.2) is 4.79 Å². The number of carbonyl (C=O) groups excluding carboxylic acids is 1. The maximum atomic E-state index is 12.7. The number of carbonyl (C=O) groups is 1. The van der Waals surface area contributed by atoms with Crippen molar-refractivity contribution in [2.24, 2.45) is 0 Å². The van der Waals surface area contributed by atoms with Gasteiger partial charge < -0.3 is 10.2 Å². The topological polar surface area (TPSA) is 32.3 Å². The van der Waals surface area contributed by atoms with E-state index in [1.807, 2.05) is 0 Å². The van der Waals surface area contributed by atoms with Crippen LogP contribution in [0.1, 0.15) is 22.1 Å². The number of thioether (sulfide) groups is 1. The quantitative estimate of drug-likeness (QED) is 0.604. The number of hydrogen-bond acceptors (Lipinski definition) is 2. The van der Waals surface area contributed by atoms with Crippen LogP contribution in [0.15, 0.2) is 48.5 Å². The van der Waals surface area contributed by atoms with Gasteiger partial charge in [0.2, 0.25) is 0 Å². The second kappa shape index (κ2) is 7.57. The molecule has 3 nitrogen and oxygen atoms in total. The molecule has 2 aromatic rings. The molecular weight excluding hydrogens is 406 g/mol. The van der Waals surface area contributed by atoms with Crippen molar-refractivity contribution in [3.8, 4) is 0 Å². The molecule has 0 radical (unpaired) electrons. The lowest BCUT2D eigenvalue weighted by Crippen LogP contribution is -2.34. The highest BCUT2D eigenvalue weighted by atomic mass is 32.2. The third kappa shape index (κ3) is 4.54. The van der Waals surface area contributed by atoms with Crippen LogP contribution in [0.25, 0.3) is 0 Å². The fourth-order valence-corrected chi connectivity index (χ4v) is 3.98. The summed E-state index contributed by atoms with van der Waals surface area (Å²) in [7, 11) is 0. The average Bonchev–Trinajstić information content (AvgIpc) is 3.10. The summed E-state index contributed by atoms with van der Waals surface area (Å²) < 4.78 is 75.9. The predicted molar refractivity (Wildman–Crippen MR) is 93.8 cm³/mol. The highest BCUT2D eigenvalue weighted by Crippen LogP contribution is 2.39. The second-order valence-electron chi connectivity index (χ2n) is 6.04. The molecule has 2 amide bonds. The standard InChI is InChI=1S/C18H14F6N2OS/c19-17(20,21)12-3-1-11(2-4-12)15-26(9-10-28-15)16(27)25-14-7-5-13(6-8-14)18(22,23)24/h1-8,15H,9-10H2,(H,25,27). The first kappa shape index (κ1) is 20.4. The molecule has 1 fully saturated rings. The summed E-state index contributed by atoms with van der Waals surface area (Å²) in [6, 6.07) is 8.06. The number of urea groups is 1. The Morgan fingerprint density at radius 3 is 1.89 bits per heavy atom. The Hall–Kier alpha value is -2.36. The highest BCUT2D eigenvalue weighted by Gasteiger charge is 2.34. The molecule has 2 aromatic carbocycles. The van der Waals surface area contributed by atoms with Crippen LogP contribution in [0, 0.1) is 0 Å². The van der Waals surface area contributed by atoms with E-state index in [-0.39, 0.29) is 5.69 Å². The van der Waals surface area contributed by atoms with Crippen LogP contribution >= 0.6 is 11.8 Å². The number of anilines is 1. The lowest BCUT2D eigenvalue weighted by atomic mass is 10.1. The van der Waals surface area contributed by atoms with E-state index in [2.05, 4.69) is 5.32 Å². The minimum absolute atomic E-state index is 0.195. The number of halogens is 6. The minimum Gasteiger partial charge on any atom is -0.308 e. The zero-order valence-corrected chi connectivity index (χ0v) is 15.0. The highest BCUT2D eigenvalue weighted by molar-refractivity contribution is 7.99. The van der Waals surface area contributed by atoms with E-state index in [4.69, 9.17) is 0 Å². The molecule has 0 bridgehead atoms. The lowest BCUT2D eigenvalue weighted by molar-refractivity contribution is -0.138. The SMILES string of the molecule is O=C(Nc1ccc(C(F)(F)F)cc1)N1CCSC1c1ccc(C(F)(F)F)cc1. The van der Waals surface area contributed by atoms with Crippen molar-refractivity contribution in [3.63, 3.8) is 0 Å². The summed E-state index contributed by atoms with van der Waals surface area (Å²) in [5.74, 6) is 0.589. The van der Waals surface area contributed by atoms with Gasteiger partial charge >= 0.3 is 18.4 Å². The van der Waals surface area contributed by atoms with Gasteiger partial charge in [-0.05, 0) is 42.0 Å². The molecule has 0 aliphatic carbocycles. The largest absolute Gasteiger partial charge is 0.416 e. The molecule has 1 unspecified atom stereocenters. The van der Waals surface area contributed by atoms with Crippen LogP contribution in [0.2, 0.25) is 0 Å². The van der Waals surface area contributed by atoms with Crippen molar-refractivity contribution in [1.82, 2.24) is 4.90 Å². The summed E-state index contributed by atoms with van der Waals surface area (Å²) in [6.07, 6.45) is -8.91. The smallest absolute Gasteiger partial charge is 0.308 e. The molecule has 1 saturated heterocycles. The Balaban J connectivity index is 1.71. The van der Waals surface area contributed by atoms with Crippen molar-refractivity contribution >= 4 is 23.5 Å². The summed E-state index contributed by atoms with van der Waals surface area (Å²) in [5, 5.41) is 2.05. The molecule has 0 saturated carbocycles. The third-order valence-electron chi connectivity index (χ3n) is 4.14. The fourth-order valence-electron chi connectivity index (χ4n) is 2.73. The van der Waals surface area contributed by atoms with E-state index in [1.165, 1.54) is 28.8 Å². The van der Waals surface area contributed by atoms with Gasteiger partial charge in [0, 0.05) is 18.0 Å². The molecule has 28 heavy (non-hydrogen) atoms. The molecular formula is C18H14F6N2OS. The van der Waals surface area contributed by atoms with Crippen LogP contribution in [0.4, 0.5) is 36.8 Å². The van der Waals surface area contributed by atoms with E-state index in [9.17, 15) is 31.1 Å². The third-order valence-corrected chi connectivity index (χ3v) is 5.40. The number of nitrogens with zero attached hydrogens (tertiary/aromatic N) is 1. The van der Waals surface area contributed by atoms with Crippen molar-refractivity contribution in [3.05, 3.63) is 65.2 Å². The van der Waals surface area contributed by atoms with Gasteiger partial charge in [0.05, 0.1) is 11.1 Å².